The number of benzene rings is 2. The zero-order valence-corrected chi connectivity index (χ0v) is 14.7. The minimum atomic E-state index is -0.880. The van der Waals surface area contributed by atoms with E-state index in [1.807, 2.05) is 44.2 Å². The van der Waals surface area contributed by atoms with Gasteiger partial charge in [-0.25, -0.2) is 4.39 Å². The third-order valence-electron chi connectivity index (χ3n) is 3.79. The monoisotopic (exact) mass is 342 g/mol. The Morgan fingerprint density at radius 3 is 2.36 bits per heavy atom. The van der Waals surface area contributed by atoms with Crippen LogP contribution >= 0.6 is 0 Å². The summed E-state index contributed by atoms with van der Waals surface area (Å²) in [7, 11) is 0. The van der Waals surface area contributed by atoms with Crippen molar-refractivity contribution in [2.75, 3.05) is 5.32 Å². The molecule has 0 heterocycles. The lowest BCUT2D eigenvalue weighted by molar-refractivity contribution is -0.136. The van der Waals surface area contributed by atoms with Crippen LogP contribution in [0.3, 0.4) is 0 Å². The van der Waals surface area contributed by atoms with Gasteiger partial charge in [0.2, 0.25) is 0 Å². The van der Waals surface area contributed by atoms with Crippen molar-refractivity contribution in [2.24, 2.45) is 5.92 Å². The number of amides is 2. The molecule has 2 aromatic carbocycles. The summed E-state index contributed by atoms with van der Waals surface area (Å²) in [5, 5.41) is 5.08. The number of hydrogen-bond donors (Lipinski definition) is 2. The Balaban J connectivity index is 2.09. The van der Waals surface area contributed by atoms with E-state index in [4.69, 9.17) is 0 Å². The number of hydrogen-bond acceptors (Lipinski definition) is 2. The zero-order valence-electron chi connectivity index (χ0n) is 14.7. The molecule has 2 aromatic rings. The third kappa shape index (κ3) is 5.41. The van der Waals surface area contributed by atoms with E-state index in [0.29, 0.717) is 12.3 Å². The van der Waals surface area contributed by atoms with E-state index in [1.165, 1.54) is 12.1 Å². The number of rotatable bonds is 5. The number of nitrogens with one attached hydrogen (secondary N) is 2. The second kappa shape index (κ2) is 8.42. The normalized spacial score (nSPS) is 11.9. The van der Waals surface area contributed by atoms with Crippen LogP contribution in [-0.2, 0) is 9.59 Å². The molecule has 0 aliphatic carbocycles. The van der Waals surface area contributed by atoms with Crippen LogP contribution in [0.25, 0.3) is 0 Å². The van der Waals surface area contributed by atoms with Gasteiger partial charge in [0.05, 0.1) is 11.7 Å². The van der Waals surface area contributed by atoms with Gasteiger partial charge in [0, 0.05) is 0 Å². The Kier molecular flexibility index (Phi) is 6.28. The molecule has 1 atom stereocenters. The Hall–Kier alpha value is -2.69. The van der Waals surface area contributed by atoms with E-state index in [1.54, 1.807) is 13.0 Å². The standard InChI is InChI=1S/C20H23FN2O2/c1-13(2)11-17(15-7-5-4-6-8-15)22-19(24)20(25)23-18-12-14(3)9-10-16(18)21/h4-10,12-13,17H,11H2,1-3H3,(H,22,24)(H,23,25). The largest absolute Gasteiger partial charge is 0.341 e. The molecule has 2 N–H and O–H groups in total. The lowest BCUT2D eigenvalue weighted by atomic mass is 9.97. The van der Waals surface area contributed by atoms with Gasteiger partial charge in [0.1, 0.15) is 5.82 Å². The van der Waals surface area contributed by atoms with Crippen LogP contribution in [-0.4, -0.2) is 11.8 Å². The van der Waals surface area contributed by atoms with Crippen molar-refractivity contribution in [3.63, 3.8) is 0 Å². The quantitative estimate of drug-likeness (QED) is 0.808. The van der Waals surface area contributed by atoms with Gasteiger partial charge in [-0.2, -0.15) is 0 Å². The van der Waals surface area contributed by atoms with Crippen molar-refractivity contribution in [1.82, 2.24) is 5.32 Å². The van der Waals surface area contributed by atoms with Crippen LogP contribution in [0.15, 0.2) is 48.5 Å². The molecule has 5 heteroatoms. The van der Waals surface area contributed by atoms with E-state index < -0.39 is 17.6 Å². The maximum absolute atomic E-state index is 13.7. The highest BCUT2D eigenvalue weighted by Gasteiger charge is 2.21. The number of carbonyl (C=O) groups is 2. The molecule has 0 saturated carbocycles. The molecule has 0 aromatic heterocycles. The molecule has 0 spiro atoms. The SMILES string of the molecule is Cc1ccc(F)c(NC(=O)C(=O)NC(CC(C)C)c2ccccc2)c1. The average molecular weight is 342 g/mol. The molecule has 2 amide bonds. The summed E-state index contributed by atoms with van der Waals surface area (Å²) in [6, 6.07) is 13.6. The van der Waals surface area contributed by atoms with Gasteiger partial charge >= 0.3 is 11.8 Å². The maximum Gasteiger partial charge on any atom is 0.313 e. The van der Waals surface area contributed by atoms with Crippen molar-refractivity contribution in [3.05, 3.63) is 65.5 Å². The van der Waals surface area contributed by atoms with E-state index in [9.17, 15) is 14.0 Å². The first-order valence-electron chi connectivity index (χ1n) is 8.29. The second-order valence-corrected chi connectivity index (χ2v) is 6.50. The van der Waals surface area contributed by atoms with Gasteiger partial charge in [0.15, 0.2) is 0 Å². The summed E-state index contributed by atoms with van der Waals surface area (Å²) in [4.78, 5) is 24.4. The van der Waals surface area contributed by atoms with Gasteiger partial charge in [-0.15, -0.1) is 0 Å². The zero-order chi connectivity index (χ0) is 18.4. The molecule has 25 heavy (non-hydrogen) atoms. The van der Waals surface area contributed by atoms with Gasteiger partial charge in [-0.1, -0.05) is 50.2 Å². The van der Waals surface area contributed by atoms with Crippen LogP contribution in [0.4, 0.5) is 10.1 Å². The highest BCUT2D eigenvalue weighted by atomic mass is 19.1. The fraction of sp³-hybridized carbons (Fsp3) is 0.300. The highest BCUT2D eigenvalue weighted by Crippen LogP contribution is 2.21. The fourth-order valence-corrected chi connectivity index (χ4v) is 2.57. The number of halogens is 1. The molecule has 0 aliphatic rings. The second-order valence-electron chi connectivity index (χ2n) is 6.50. The predicted octanol–water partition coefficient (Wildman–Crippen LogP) is 3.98. The van der Waals surface area contributed by atoms with Gasteiger partial charge in [-0.3, -0.25) is 9.59 Å². The smallest absolute Gasteiger partial charge is 0.313 e. The van der Waals surface area contributed by atoms with Gasteiger partial charge in [0.25, 0.3) is 0 Å². The lowest BCUT2D eigenvalue weighted by Gasteiger charge is -2.21. The molecule has 1 unspecified atom stereocenters. The Labute approximate surface area is 147 Å². The lowest BCUT2D eigenvalue weighted by Crippen LogP contribution is -2.38. The van der Waals surface area contributed by atoms with E-state index in [-0.39, 0.29) is 11.7 Å². The summed E-state index contributed by atoms with van der Waals surface area (Å²) in [6.07, 6.45) is 0.696. The van der Waals surface area contributed by atoms with Crippen molar-refractivity contribution in [2.45, 2.75) is 33.2 Å². The third-order valence-corrected chi connectivity index (χ3v) is 3.79. The first kappa shape index (κ1) is 18.6. The number of anilines is 1. The molecular weight excluding hydrogens is 319 g/mol. The minimum absolute atomic E-state index is 0.000251. The first-order chi connectivity index (χ1) is 11.9. The van der Waals surface area contributed by atoms with Gasteiger partial charge in [-0.05, 0) is 42.5 Å². The summed E-state index contributed by atoms with van der Waals surface area (Å²) in [6.45, 7) is 5.87. The maximum atomic E-state index is 13.7. The first-order valence-corrected chi connectivity index (χ1v) is 8.29. The topological polar surface area (TPSA) is 58.2 Å². The summed E-state index contributed by atoms with van der Waals surface area (Å²) < 4.78 is 13.7. The van der Waals surface area contributed by atoms with Crippen LogP contribution in [0.1, 0.15) is 37.4 Å². The van der Waals surface area contributed by atoms with Crippen LogP contribution in [0, 0.1) is 18.7 Å². The predicted molar refractivity (Wildman–Crippen MR) is 96.5 cm³/mol. The van der Waals surface area contributed by atoms with E-state index >= 15 is 0 Å². The van der Waals surface area contributed by atoms with E-state index in [0.717, 1.165) is 11.1 Å². The Morgan fingerprint density at radius 1 is 1.04 bits per heavy atom. The summed E-state index contributed by atoms with van der Waals surface area (Å²) >= 11 is 0. The van der Waals surface area contributed by atoms with Crippen molar-refractivity contribution < 1.29 is 14.0 Å². The number of aryl methyl sites for hydroxylation is 1. The van der Waals surface area contributed by atoms with Crippen molar-refractivity contribution >= 4 is 17.5 Å². The Bertz CT molecular complexity index is 745. The van der Waals surface area contributed by atoms with Crippen LogP contribution in [0.5, 0.6) is 0 Å². The van der Waals surface area contributed by atoms with Crippen molar-refractivity contribution in [3.8, 4) is 0 Å². The molecule has 0 aliphatic heterocycles. The molecule has 0 radical (unpaired) electrons. The Morgan fingerprint density at radius 2 is 1.72 bits per heavy atom. The molecule has 4 nitrogen and oxygen atoms in total. The molecule has 0 saturated heterocycles. The fourth-order valence-electron chi connectivity index (χ4n) is 2.57. The van der Waals surface area contributed by atoms with Gasteiger partial charge < -0.3 is 10.6 Å². The van der Waals surface area contributed by atoms with Crippen LogP contribution in [0.2, 0.25) is 0 Å². The molecule has 0 fully saturated rings. The van der Waals surface area contributed by atoms with E-state index in [2.05, 4.69) is 10.6 Å². The molecule has 132 valence electrons. The molecule has 0 bridgehead atoms. The molecule has 2 rings (SSSR count). The minimum Gasteiger partial charge on any atom is -0.341 e. The average Bonchev–Trinajstić information content (AvgIpc) is 2.57. The van der Waals surface area contributed by atoms with Crippen LogP contribution < -0.4 is 10.6 Å². The van der Waals surface area contributed by atoms with Crippen molar-refractivity contribution in [1.29, 1.82) is 0 Å². The highest BCUT2D eigenvalue weighted by molar-refractivity contribution is 6.39. The number of carbonyl (C=O) groups excluding carboxylic acids is 2. The summed E-state index contributed by atoms with van der Waals surface area (Å²) in [5.74, 6) is -1.90. The molecular formula is C20H23FN2O2. The summed E-state index contributed by atoms with van der Waals surface area (Å²) in [5.41, 5.74) is 1.72.